The van der Waals surface area contributed by atoms with Crippen molar-refractivity contribution in [3.05, 3.63) is 35.4 Å². The minimum atomic E-state index is -0.823. The van der Waals surface area contributed by atoms with Crippen LogP contribution in [0.1, 0.15) is 42.9 Å². The van der Waals surface area contributed by atoms with Crippen molar-refractivity contribution in [1.82, 2.24) is 4.90 Å². The number of aliphatic carboxylic acids is 1. The van der Waals surface area contributed by atoms with Crippen LogP contribution < -0.4 is 0 Å². The summed E-state index contributed by atoms with van der Waals surface area (Å²) in [5, 5.41) is 9.06. The first-order chi connectivity index (χ1) is 10.2. The quantitative estimate of drug-likeness (QED) is 0.924. The van der Waals surface area contributed by atoms with E-state index in [-0.39, 0.29) is 17.9 Å². The van der Waals surface area contributed by atoms with Gasteiger partial charge in [-0.2, -0.15) is 0 Å². The van der Waals surface area contributed by atoms with E-state index in [1.807, 2.05) is 17.0 Å². The molecule has 2 fully saturated rings. The lowest BCUT2D eigenvalue weighted by molar-refractivity contribution is -0.143. The van der Waals surface area contributed by atoms with Crippen LogP contribution in [0.3, 0.4) is 0 Å². The van der Waals surface area contributed by atoms with Crippen LogP contribution in [0.25, 0.3) is 0 Å². The Kier molecular flexibility index (Phi) is 2.81. The molecule has 1 aromatic rings. The maximum absolute atomic E-state index is 12.8. The van der Waals surface area contributed by atoms with Crippen LogP contribution in [-0.2, 0) is 16.0 Å². The minimum Gasteiger partial charge on any atom is -0.481 e. The molecule has 110 valence electrons. The van der Waals surface area contributed by atoms with Crippen molar-refractivity contribution in [2.45, 2.75) is 44.2 Å². The molecule has 0 saturated heterocycles. The van der Waals surface area contributed by atoms with E-state index in [2.05, 4.69) is 12.1 Å². The molecule has 0 spiro atoms. The standard InChI is InChI=1S/C17H19NO3/c19-16(13-9-14(13)17(20)21)18(11-6-7-11)15-8-5-10-3-1-2-4-12(10)15/h1-4,11,13-15H,5-9H2,(H,20,21). The Morgan fingerprint density at radius 2 is 1.86 bits per heavy atom. The van der Waals surface area contributed by atoms with Crippen LogP contribution in [-0.4, -0.2) is 27.9 Å². The predicted molar refractivity (Wildman–Crippen MR) is 76.6 cm³/mol. The summed E-state index contributed by atoms with van der Waals surface area (Å²) in [5.41, 5.74) is 2.61. The van der Waals surface area contributed by atoms with Gasteiger partial charge in [-0.15, -0.1) is 0 Å². The Labute approximate surface area is 123 Å². The molecule has 4 rings (SSSR count). The van der Waals surface area contributed by atoms with Gasteiger partial charge in [-0.3, -0.25) is 9.59 Å². The lowest BCUT2D eigenvalue weighted by Gasteiger charge is -2.30. The summed E-state index contributed by atoms with van der Waals surface area (Å²) < 4.78 is 0. The number of carbonyl (C=O) groups excluding carboxylic acids is 1. The molecule has 3 aliphatic carbocycles. The zero-order valence-electron chi connectivity index (χ0n) is 11.9. The van der Waals surface area contributed by atoms with Crippen molar-refractivity contribution in [3.8, 4) is 0 Å². The number of rotatable bonds is 4. The van der Waals surface area contributed by atoms with Crippen molar-refractivity contribution in [2.24, 2.45) is 11.8 Å². The Bertz CT molecular complexity index is 608. The van der Waals surface area contributed by atoms with Gasteiger partial charge in [0.2, 0.25) is 5.91 Å². The highest BCUT2D eigenvalue weighted by molar-refractivity contribution is 5.90. The number of aryl methyl sites for hydroxylation is 1. The monoisotopic (exact) mass is 285 g/mol. The molecule has 0 radical (unpaired) electrons. The second kappa shape index (κ2) is 4.58. The van der Waals surface area contributed by atoms with E-state index in [4.69, 9.17) is 5.11 Å². The summed E-state index contributed by atoms with van der Waals surface area (Å²) in [6, 6.07) is 8.84. The number of hydrogen-bond donors (Lipinski definition) is 1. The number of amides is 1. The summed E-state index contributed by atoms with van der Waals surface area (Å²) in [6.07, 6.45) is 4.64. The summed E-state index contributed by atoms with van der Waals surface area (Å²) >= 11 is 0. The smallest absolute Gasteiger partial charge is 0.307 e. The number of carboxylic acid groups (broad SMARTS) is 1. The molecule has 21 heavy (non-hydrogen) atoms. The molecule has 3 atom stereocenters. The Morgan fingerprint density at radius 1 is 1.10 bits per heavy atom. The highest BCUT2D eigenvalue weighted by atomic mass is 16.4. The van der Waals surface area contributed by atoms with Crippen LogP contribution in [0.4, 0.5) is 0 Å². The fourth-order valence-corrected chi connectivity index (χ4v) is 3.70. The minimum absolute atomic E-state index is 0.0756. The van der Waals surface area contributed by atoms with Crippen LogP contribution in [0.15, 0.2) is 24.3 Å². The van der Waals surface area contributed by atoms with Gasteiger partial charge < -0.3 is 10.0 Å². The topological polar surface area (TPSA) is 57.6 Å². The molecule has 2 saturated carbocycles. The number of benzene rings is 1. The van der Waals surface area contributed by atoms with Crippen molar-refractivity contribution in [1.29, 1.82) is 0 Å². The van der Waals surface area contributed by atoms with Gasteiger partial charge in [0.25, 0.3) is 0 Å². The Balaban J connectivity index is 1.59. The van der Waals surface area contributed by atoms with Crippen molar-refractivity contribution in [2.75, 3.05) is 0 Å². The fraction of sp³-hybridized carbons (Fsp3) is 0.529. The SMILES string of the molecule is O=C(O)C1CC1C(=O)N(C1CC1)C1CCc2ccccc21. The highest BCUT2D eigenvalue weighted by Crippen LogP contribution is 2.47. The van der Waals surface area contributed by atoms with E-state index in [9.17, 15) is 9.59 Å². The molecule has 0 heterocycles. The lowest BCUT2D eigenvalue weighted by atomic mass is 10.1. The van der Waals surface area contributed by atoms with Crippen molar-refractivity contribution >= 4 is 11.9 Å². The van der Waals surface area contributed by atoms with Gasteiger partial charge >= 0.3 is 5.97 Å². The third kappa shape index (κ3) is 2.13. The molecule has 4 heteroatoms. The normalized spacial score (nSPS) is 29.8. The summed E-state index contributed by atoms with van der Waals surface area (Å²) in [6.45, 7) is 0. The number of carbonyl (C=O) groups is 2. The first kappa shape index (κ1) is 12.9. The first-order valence-electron chi connectivity index (χ1n) is 7.79. The van der Waals surface area contributed by atoms with E-state index in [1.165, 1.54) is 11.1 Å². The van der Waals surface area contributed by atoms with E-state index in [0.717, 1.165) is 25.7 Å². The maximum Gasteiger partial charge on any atom is 0.307 e. The Hall–Kier alpha value is -1.84. The summed E-state index contributed by atoms with van der Waals surface area (Å²) in [4.78, 5) is 25.8. The molecular formula is C17H19NO3. The van der Waals surface area contributed by atoms with Gasteiger partial charge in [0, 0.05) is 6.04 Å². The third-order valence-electron chi connectivity index (χ3n) is 5.06. The van der Waals surface area contributed by atoms with E-state index in [0.29, 0.717) is 12.5 Å². The van der Waals surface area contributed by atoms with Gasteiger partial charge in [-0.05, 0) is 43.2 Å². The number of nitrogens with zero attached hydrogens (tertiary/aromatic N) is 1. The van der Waals surface area contributed by atoms with E-state index >= 15 is 0 Å². The van der Waals surface area contributed by atoms with Gasteiger partial charge in [-0.1, -0.05) is 24.3 Å². The molecule has 4 nitrogen and oxygen atoms in total. The molecule has 3 aliphatic rings. The first-order valence-corrected chi connectivity index (χ1v) is 7.79. The average Bonchev–Trinajstić information content (AvgIpc) is 3.37. The highest BCUT2D eigenvalue weighted by Gasteiger charge is 2.53. The second-order valence-electron chi connectivity index (χ2n) is 6.52. The van der Waals surface area contributed by atoms with Gasteiger partial charge in [0.1, 0.15) is 0 Å². The summed E-state index contributed by atoms with van der Waals surface area (Å²) in [7, 11) is 0. The molecule has 0 bridgehead atoms. The van der Waals surface area contributed by atoms with E-state index < -0.39 is 11.9 Å². The molecule has 3 unspecified atom stereocenters. The molecule has 1 aromatic carbocycles. The van der Waals surface area contributed by atoms with Crippen molar-refractivity contribution < 1.29 is 14.7 Å². The average molecular weight is 285 g/mol. The van der Waals surface area contributed by atoms with Crippen LogP contribution in [0.2, 0.25) is 0 Å². The Morgan fingerprint density at radius 3 is 2.52 bits per heavy atom. The number of carboxylic acids is 1. The van der Waals surface area contributed by atoms with Gasteiger partial charge in [-0.25, -0.2) is 0 Å². The predicted octanol–water partition coefficient (Wildman–Crippen LogP) is 2.39. The zero-order valence-corrected chi connectivity index (χ0v) is 11.9. The lowest BCUT2D eigenvalue weighted by Crippen LogP contribution is -2.37. The molecular weight excluding hydrogens is 266 g/mol. The second-order valence-corrected chi connectivity index (χ2v) is 6.52. The van der Waals surface area contributed by atoms with E-state index in [1.54, 1.807) is 0 Å². The van der Waals surface area contributed by atoms with Gasteiger partial charge in [0.15, 0.2) is 0 Å². The molecule has 1 N–H and O–H groups in total. The van der Waals surface area contributed by atoms with Crippen molar-refractivity contribution in [3.63, 3.8) is 0 Å². The largest absolute Gasteiger partial charge is 0.481 e. The zero-order chi connectivity index (χ0) is 14.6. The van der Waals surface area contributed by atoms with Gasteiger partial charge in [0.05, 0.1) is 17.9 Å². The summed E-state index contributed by atoms with van der Waals surface area (Å²) in [5.74, 6) is -1.48. The number of fused-ring (bicyclic) bond motifs is 1. The molecule has 0 aliphatic heterocycles. The molecule has 1 amide bonds. The third-order valence-corrected chi connectivity index (χ3v) is 5.06. The van der Waals surface area contributed by atoms with Crippen LogP contribution in [0.5, 0.6) is 0 Å². The molecule has 0 aromatic heterocycles. The van der Waals surface area contributed by atoms with Crippen LogP contribution in [0, 0.1) is 11.8 Å². The number of hydrogen-bond acceptors (Lipinski definition) is 2. The van der Waals surface area contributed by atoms with Crippen LogP contribution >= 0.6 is 0 Å². The fourth-order valence-electron chi connectivity index (χ4n) is 3.70. The maximum atomic E-state index is 12.8.